The van der Waals surface area contributed by atoms with Gasteiger partial charge in [0.1, 0.15) is 0 Å². The summed E-state index contributed by atoms with van der Waals surface area (Å²) in [4.78, 5) is 28.0. The normalized spacial score (nSPS) is 13.2. The van der Waals surface area contributed by atoms with Crippen LogP contribution in [0.15, 0.2) is 54.9 Å². The zero-order chi connectivity index (χ0) is 22.9. The van der Waals surface area contributed by atoms with Gasteiger partial charge < -0.3 is 14.4 Å². The summed E-state index contributed by atoms with van der Waals surface area (Å²) in [5.74, 6) is 6.33. The Bertz CT molecular complexity index is 1130. The number of morpholine rings is 1. The van der Waals surface area contributed by atoms with E-state index in [-0.39, 0.29) is 5.69 Å². The van der Waals surface area contributed by atoms with Crippen molar-refractivity contribution in [3.8, 4) is 23.1 Å². The molecule has 0 saturated carbocycles. The molecular formula is C26H26N4O3. The van der Waals surface area contributed by atoms with E-state index in [0.29, 0.717) is 44.6 Å². The van der Waals surface area contributed by atoms with Crippen LogP contribution in [0, 0.1) is 11.8 Å². The van der Waals surface area contributed by atoms with Gasteiger partial charge in [-0.2, -0.15) is 0 Å². The van der Waals surface area contributed by atoms with E-state index in [1.165, 1.54) is 0 Å². The highest BCUT2D eigenvalue weighted by molar-refractivity contribution is 5.89. The van der Waals surface area contributed by atoms with Crippen LogP contribution < -0.4 is 4.90 Å². The summed E-state index contributed by atoms with van der Waals surface area (Å²) in [5, 5.41) is 0. The molecule has 0 radical (unpaired) electrons. The molecule has 1 aromatic carbocycles. The number of nitrogens with zero attached hydrogens (tertiary/aromatic N) is 4. The molecule has 0 spiro atoms. The number of hydrogen-bond acceptors (Lipinski definition) is 7. The van der Waals surface area contributed by atoms with Crippen molar-refractivity contribution in [2.75, 3.05) is 37.8 Å². The van der Waals surface area contributed by atoms with E-state index in [4.69, 9.17) is 14.5 Å². The summed E-state index contributed by atoms with van der Waals surface area (Å²) in [6.45, 7) is 5.00. The molecule has 0 amide bonds. The molecule has 3 aromatic rings. The maximum Gasteiger partial charge on any atom is 0.357 e. The van der Waals surface area contributed by atoms with Gasteiger partial charge in [-0.05, 0) is 36.8 Å². The number of anilines is 1. The summed E-state index contributed by atoms with van der Waals surface area (Å²) < 4.78 is 10.8. The van der Waals surface area contributed by atoms with Crippen LogP contribution in [0.1, 0.15) is 41.4 Å². The van der Waals surface area contributed by atoms with E-state index in [2.05, 4.69) is 28.7 Å². The lowest BCUT2D eigenvalue weighted by Gasteiger charge is -2.27. The monoisotopic (exact) mass is 442 g/mol. The van der Waals surface area contributed by atoms with E-state index in [1.54, 1.807) is 18.5 Å². The van der Waals surface area contributed by atoms with Gasteiger partial charge in [-0.3, -0.25) is 4.98 Å². The zero-order valence-electron chi connectivity index (χ0n) is 18.7. The van der Waals surface area contributed by atoms with Crippen LogP contribution >= 0.6 is 0 Å². The second-order valence-electron chi connectivity index (χ2n) is 7.60. The second kappa shape index (κ2) is 11.2. The van der Waals surface area contributed by atoms with Crippen molar-refractivity contribution >= 4 is 11.9 Å². The number of pyridine rings is 1. The van der Waals surface area contributed by atoms with E-state index in [9.17, 15) is 4.79 Å². The average Bonchev–Trinajstić information content (AvgIpc) is 2.89. The van der Waals surface area contributed by atoms with Crippen molar-refractivity contribution < 1.29 is 14.3 Å². The van der Waals surface area contributed by atoms with Crippen LogP contribution in [0.25, 0.3) is 11.3 Å². The van der Waals surface area contributed by atoms with E-state index >= 15 is 0 Å². The summed E-state index contributed by atoms with van der Waals surface area (Å²) in [5.41, 5.74) is 3.54. The maximum atomic E-state index is 12.6. The Morgan fingerprint density at radius 2 is 1.88 bits per heavy atom. The lowest BCUT2D eigenvalue weighted by molar-refractivity contribution is 0.0492. The number of hydrogen-bond donors (Lipinski definition) is 0. The number of carbonyl (C=O) groups excluding carboxylic acids is 1. The molecular weight excluding hydrogens is 416 g/mol. The Labute approximate surface area is 193 Å². The molecule has 7 nitrogen and oxygen atoms in total. The standard InChI is InChI=1S/C26H26N4O3/c1-2-3-15-33-25(31)24-18-23(28-26(29-24)30-13-16-32-17-14-30)22-10-8-20(9-11-22)6-7-21-5-4-12-27-19-21/h4-5,8-12,18-19H,2-3,13-17H2,1H3. The molecule has 4 rings (SSSR count). The number of unbranched alkanes of at least 4 members (excludes halogenated alkanes) is 1. The van der Waals surface area contributed by atoms with Crippen molar-refractivity contribution in [2.24, 2.45) is 0 Å². The van der Waals surface area contributed by atoms with Crippen LogP contribution in [0.3, 0.4) is 0 Å². The third-order valence-corrected chi connectivity index (χ3v) is 5.14. The van der Waals surface area contributed by atoms with Crippen LogP contribution in [0.2, 0.25) is 0 Å². The molecule has 1 saturated heterocycles. The summed E-state index contributed by atoms with van der Waals surface area (Å²) in [6.07, 6.45) is 5.23. The minimum atomic E-state index is -0.430. The average molecular weight is 443 g/mol. The summed E-state index contributed by atoms with van der Waals surface area (Å²) >= 11 is 0. The van der Waals surface area contributed by atoms with Gasteiger partial charge in [-0.25, -0.2) is 14.8 Å². The molecule has 7 heteroatoms. The fraction of sp³-hybridized carbons (Fsp3) is 0.308. The molecule has 1 aliphatic rings. The number of ether oxygens (including phenoxy) is 2. The second-order valence-corrected chi connectivity index (χ2v) is 7.60. The molecule has 0 aliphatic carbocycles. The highest BCUT2D eigenvalue weighted by Crippen LogP contribution is 2.22. The molecule has 0 atom stereocenters. The van der Waals surface area contributed by atoms with Gasteiger partial charge in [0.25, 0.3) is 0 Å². The van der Waals surface area contributed by atoms with Gasteiger partial charge in [0.2, 0.25) is 5.95 Å². The number of rotatable bonds is 6. The Morgan fingerprint density at radius 1 is 1.09 bits per heavy atom. The number of esters is 1. The highest BCUT2D eigenvalue weighted by Gasteiger charge is 2.19. The molecule has 1 fully saturated rings. The fourth-order valence-electron chi connectivity index (χ4n) is 3.28. The van der Waals surface area contributed by atoms with Gasteiger partial charge >= 0.3 is 5.97 Å². The topological polar surface area (TPSA) is 77.4 Å². The third-order valence-electron chi connectivity index (χ3n) is 5.14. The predicted octanol–water partition coefficient (Wildman–Crippen LogP) is 3.73. The SMILES string of the molecule is CCCCOC(=O)c1cc(-c2ccc(C#Cc3cccnc3)cc2)nc(N2CCOCC2)n1. The Balaban J connectivity index is 1.60. The lowest BCUT2D eigenvalue weighted by Crippen LogP contribution is -2.37. The molecule has 1 aliphatic heterocycles. The highest BCUT2D eigenvalue weighted by atomic mass is 16.5. The van der Waals surface area contributed by atoms with Crippen LogP contribution in [-0.2, 0) is 9.47 Å². The molecule has 0 unspecified atom stereocenters. The van der Waals surface area contributed by atoms with Gasteiger partial charge in [0.05, 0.1) is 25.5 Å². The quantitative estimate of drug-likeness (QED) is 0.327. The minimum absolute atomic E-state index is 0.262. The van der Waals surface area contributed by atoms with Gasteiger partial charge in [-0.15, -0.1) is 0 Å². The first-order valence-corrected chi connectivity index (χ1v) is 11.1. The molecule has 0 N–H and O–H groups in total. The van der Waals surface area contributed by atoms with E-state index in [1.807, 2.05) is 41.3 Å². The zero-order valence-corrected chi connectivity index (χ0v) is 18.7. The first kappa shape index (κ1) is 22.4. The van der Waals surface area contributed by atoms with Crippen molar-refractivity contribution in [2.45, 2.75) is 19.8 Å². The largest absolute Gasteiger partial charge is 0.461 e. The van der Waals surface area contributed by atoms with E-state index < -0.39 is 5.97 Å². The first-order valence-electron chi connectivity index (χ1n) is 11.1. The first-order chi connectivity index (χ1) is 16.2. The number of aromatic nitrogens is 3. The predicted molar refractivity (Wildman–Crippen MR) is 126 cm³/mol. The van der Waals surface area contributed by atoms with Gasteiger partial charge in [0.15, 0.2) is 5.69 Å². The minimum Gasteiger partial charge on any atom is -0.461 e. The van der Waals surface area contributed by atoms with Gasteiger partial charge in [0, 0.05) is 42.2 Å². The Morgan fingerprint density at radius 3 is 2.61 bits per heavy atom. The van der Waals surface area contributed by atoms with Crippen molar-refractivity contribution in [3.05, 3.63) is 71.7 Å². The van der Waals surface area contributed by atoms with Crippen molar-refractivity contribution in [3.63, 3.8) is 0 Å². The Kier molecular flexibility index (Phi) is 7.62. The smallest absolute Gasteiger partial charge is 0.357 e. The van der Waals surface area contributed by atoms with Crippen LogP contribution in [-0.4, -0.2) is 53.8 Å². The van der Waals surface area contributed by atoms with Crippen molar-refractivity contribution in [1.29, 1.82) is 0 Å². The lowest BCUT2D eigenvalue weighted by atomic mass is 10.1. The molecule has 2 aromatic heterocycles. The van der Waals surface area contributed by atoms with Gasteiger partial charge in [-0.1, -0.05) is 37.3 Å². The van der Waals surface area contributed by atoms with Crippen LogP contribution in [0.5, 0.6) is 0 Å². The van der Waals surface area contributed by atoms with Crippen molar-refractivity contribution in [1.82, 2.24) is 15.0 Å². The molecule has 0 bridgehead atoms. The fourth-order valence-corrected chi connectivity index (χ4v) is 3.28. The molecule has 33 heavy (non-hydrogen) atoms. The Hall–Kier alpha value is -3.76. The summed E-state index contributed by atoms with van der Waals surface area (Å²) in [7, 11) is 0. The molecule has 168 valence electrons. The van der Waals surface area contributed by atoms with E-state index in [0.717, 1.165) is 29.5 Å². The summed E-state index contributed by atoms with van der Waals surface area (Å²) in [6, 6.07) is 13.2. The third kappa shape index (κ3) is 6.15. The number of carbonyl (C=O) groups is 1. The molecule has 3 heterocycles. The number of benzene rings is 1. The maximum absolute atomic E-state index is 12.6. The van der Waals surface area contributed by atoms with Crippen LogP contribution in [0.4, 0.5) is 5.95 Å².